The van der Waals surface area contributed by atoms with Crippen molar-refractivity contribution in [2.75, 3.05) is 0 Å². The van der Waals surface area contributed by atoms with Crippen LogP contribution in [0.4, 0.5) is 8.78 Å². The maximum Gasteiger partial charge on any atom is 0.273 e. The standard InChI is InChI=1S/C20H20F2N2O2S2/c1-11(2)17(25)19(26)24-20(8-3-4-16-14(20)7-9-27-16)28-18(23-24)13-10-12(21)5-6-15(13)22/h5-7,9-11,17,25H,3-4,8H2,1-2H3. The number of nitrogens with zero attached hydrogens (tertiary/aromatic N) is 2. The molecule has 1 aliphatic carbocycles. The first kappa shape index (κ1) is 19.5. The molecular formula is C20H20F2N2O2S2. The van der Waals surface area contributed by atoms with Gasteiger partial charge in [-0.3, -0.25) is 4.79 Å². The van der Waals surface area contributed by atoms with Crippen LogP contribution in [0.5, 0.6) is 0 Å². The average Bonchev–Trinajstić information content (AvgIpc) is 3.29. The van der Waals surface area contributed by atoms with Crippen molar-refractivity contribution in [1.29, 1.82) is 0 Å². The number of halogens is 2. The number of aliphatic hydroxyl groups excluding tert-OH is 1. The van der Waals surface area contributed by atoms with Crippen LogP contribution in [0.2, 0.25) is 0 Å². The highest BCUT2D eigenvalue weighted by Gasteiger charge is 2.52. The third-order valence-electron chi connectivity index (χ3n) is 5.14. The molecule has 4 rings (SSSR count). The molecule has 0 saturated carbocycles. The van der Waals surface area contributed by atoms with E-state index in [4.69, 9.17) is 0 Å². The maximum atomic E-state index is 14.4. The van der Waals surface area contributed by atoms with Gasteiger partial charge in [0, 0.05) is 16.0 Å². The van der Waals surface area contributed by atoms with E-state index in [-0.39, 0.29) is 16.5 Å². The lowest BCUT2D eigenvalue weighted by Crippen LogP contribution is -2.48. The molecule has 0 saturated heterocycles. The van der Waals surface area contributed by atoms with E-state index in [1.807, 2.05) is 11.4 Å². The molecule has 2 aliphatic rings. The summed E-state index contributed by atoms with van der Waals surface area (Å²) in [5.74, 6) is -1.97. The lowest BCUT2D eigenvalue weighted by atomic mass is 9.92. The molecule has 0 fully saturated rings. The number of fused-ring (bicyclic) bond motifs is 2. The van der Waals surface area contributed by atoms with Gasteiger partial charge in [0.25, 0.3) is 5.91 Å². The SMILES string of the molecule is CC(C)C(O)C(=O)N1N=C(c2cc(F)ccc2F)SC12CCCc1sccc12. The number of hydrazone groups is 1. The van der Waals surface area contributed by atoms with E-state index in [9.17, 15) is 18.7 Å². The number of hydrogen-bond acceptors (Lipinski definition) is 5. The monoisotopic (exact) mass is 422 g/mol. The molecule has 1 spiro atoms. The maximum absolute atomic E-state index is 14.4. The van der Waals surface area contributed by atoms with Gasteiger partial charge in [-0.2, -0.15) is 5.10 Å². The van der Waals surface area contributed by atoms with Gasteiger partial charge in [0.2, 0.25) is 0 Å². The van der Waals surface area contributed by atoms with Gasteiger partial charge in [0.15, 0.2) is 0 Å². The van der Waals surface area contributed by atoms with Crippen LogP contribution in [0.25, 0.3) is 0 Å². The van der Waals surface area contributed by atoms with Gasteiger partial charge in [-0.25, -0.2) is 13.8 Å². The number of carbonyl (C=O) groups is 1. The molecule has 28 heavy (non-hydrogen) atoms. The Morgan fingerprint density at radius 2 is 2.11 bits per heavy atom. The van der Waals surface area contributed by atoms with Gasteiger partial charge in [0.05, 0.1) is 0 Å². The molecule has 1 N–H and O–H groups in total. The summed E-state index contributed by atoms with van der Waals surface area (Å²) in [6.45, 7) is 3.51. The van der Waals surface area contributed by atoms with Crippen molar-refractivity contribution in [3.8, 4) is 0 Å². The summed E-state index contributed by atoms with van der Waals surface area (Å²) in [6, 6.07) is 5.18. The van der Waals surface area contributed by atoms with Crippen molar-refractivity contribution in [2.24, 2.45) is 11.0 Å². The summed E-state index contributed by atoms with van der Waals surface area (Å²) >= 11 is 2.89. The summed E-state index contributed by atoms with van der Waals surface area (Å²) in [5.41, 5.74) is 0.995. The number of benzene rings is 1. The van der Waals surface area contributed by atoms with Crippen LogP contribution in [0, 0.1) is 17.6 Å². The zero-order valence-electron chi connectivity index (χ0n) is 15.5. The number of rotatable bonds is 3. The lowest BCUT2D eigenvalue weighted by molar-refractivity contribution is -0.146. The molecule has 8 heteroatoms. The molecule has 0 bridgehead atoms. The molecule has 1 aromatic heterocycles. The first-order valence-electron chi connectivity index (χ1n) is 9.15. The second kappa shape index (κ2) is 7.24. The number of aliphatic hydroxyl groups is 1. The largest absolute Gasteiger partial charge is 0.383 e. The average molecular weight is 423 g/mol. The number of aryl methyl sites for hydroxylation is 1. The van der Waals surface area contributed by atoms with Crippen molar-refractivity contribution in [3.05, 3.63) is 57.3 Å². The summed E-state index contributed by atoms with van der Waals surface area (Å²) in [6.07, 6.45) is 1.16. The van der Waals surface area contributed by atoms with Crippen LogP contribution in [0.15, 0.2) is 34.7 Å². The molecule has 2 aromatic rings. The smallest absolute Gasteiger partial charge is 0.273 e. The van der Waals surface area contributed by atoms with Gasteiger partial charge in [-0.1, -0.05) is 25.6 Å². The van der Waals surface area contributed by atoms with Crippen molar-refractivity contribution in [2.45, 2.75) is 44.1 Å². The Hall–Kier alpha value is -1.77. The Morgan fingerprint density at radius 1 is 1.32 bits per heavy atom. The lowest BCUT2D eigenvalue weighted by Gasteiger charge is -2.39. The first-order valence-corrected chi connectivity index (χ1v) is 10.8. The van der Waals surface area contributed by atoms with Crippen LogP contribution in [-0.2, 0) is 16.1 Å². The van der Waals surface area contributed by atoms with Gasteiger partial charge in [0.1, 0.15) is 27.7 Å². The highest BCUT2D eigenvalue weighted by atomic mass is 32.2. The fourth-order valence-corrected chi connectivity index (χ4v) is 6.17. The van der Waals surface area contributed by atoms with Crippen LogP contribution < -0.4 is 0 Å². The first-order chi connectivity index (χ1) is 13.3. The molecule has 148 valence electrons. The van der Waals surface area contributed by atoms with E-state index >= 15 is 0 Å². The van der Waals surface area contributed by atoms with Gasteiger partial charge < -0.3 is 5.11 Å². The fourth-order valence-electron chi connectivity index (χ4n) is 3.63. The van der Waals surface area contributed by atoms with Crippen molar-refractivity contribution < 1.29 is 18.7 Å². The number of amides is 1. The van der Waals surface area contributed by atoms with Crippen LogP contribution in [0.1, 0.15) is 42.7 Å². The molecule has 2 unspecified atom stereocenters. The number of thioether (sulfide) groups is 1. The Balaban J connectivity index is 1.84. The topological polar surface area (TPSA) is 52.9 Å². The van der Waals surface area contributed by atoms with Crippen molar-refractivity contribution in [1.82, 2.24) is 5.01 Å². The summed E-state index contributed by atoms with van der Waals surface area (Å²) < 4.78 is 28.2. The van der Waals surface area contributed by atoms with E-state index in [1.165, 1.54) is 16.8 Å². The predicted molar refractivity (Wildman–Crippen MR) is 107 cm³/mol. The minimum atomic E-state index is -1.22. The van der Waals surface area contributed by atoms with E-state index < -0.39 is 28.5 Å². The van der Waals surface area contributed by atoms with Crippen molar-refractivity contribution in [3.63, 3.8) is 0 Å². The number of hydrogen-bond donors (Lipinski definition) is 1. The van der Waals surface area contributed by atoms with E-state index in [0.717, 1.165) is 41.5 Å². The second-order valence-electron chi connectivity index (χ2n) is 7.37. The minimum absolute atomic E-state index is 0.0288. The number of carbonyl (C=O) groups excluding carboxylic acids is 1. The highest BCUT2D eigenvalue weighted by molar-refractivity contribution is 8.15. The predicted octanol–water partition coefficient (Wildman–Crippen LogP) is 4.47. The second-order valence-corrected chi connectivity index (χ2v) is 9.63. The highest BCUT2D eigenvalue weighted by Crippen LogP contribution is 2.55. The van der Waals surface area contributed by atoms with Crippen LogP contribution in [-0.4, -0.2) is 27.2 Å². The minimum Gasteiger partial charge on any atom is -0.383 e. The van der Waals surface area contributed by atoms with Gasteiger partial charge >= 0.3 is 0 Å². The molecule has 4 nitrogen and oxygen atoms in total. The van der Waals surface area contributed by atoms with E-state index in [0.29, 0.717) is 6.42 Å². The molecular weight excluding hydrogens is 402 g/mol. The van der Waals surface area contributed by atoms with Crippen LogP contribution in [0.3, 0.4) is 0 Å². The molecule has 2 heterocycles. The zero-order valence-corrected chi connectivity index (χ0v) is 17.1. The van der Waals surface area contributed by atoms with Crippen LogP contribution >= 0.6 is 23.1 Å². The molecule has 2 atom stereocenters. The normalized spacial score (nSPS) is 22.5. The van der Waals surface area contributed by atoms with E-state index in [2.05, 4.69) is 5.10 Å². The van der Waals surface area contributed by atoms with E-state index in [1.54, 1.807) is 25.2 Å². The quantitative estimate of drug-likeness (QED) is 0.794. The molecule has 0 radical (unpaired) electrons. The number of thiophene rings is 1. The third-order valence-corrected chi connectivity index (χ3v) is 7.55. The molecule has 1 amide bonds. The third kappa shape index (κ3) is 3.07. The Bertz CT molecular complexity index is 959. The summed E-state index contributed by atoms with van der Waals surface area (Å²) in [5, 5.41) is 18.4. The summed E-state index contributed by atoms with van der Waals surface area (Å²) in [7, 11) is 0. The Labute approximate surface area is 170 Å². The Morgan fingerprint density at radius 3 is 2.86 bits per heavy atom. The molecule has 1 aliphatic heterocycles. The van der Waals surface area contributed by atoms with Crippen molar-refractivity contribution >= 4 is 34.0 Å². The Kier molecular flexibility index (Phi) is 5.05. The molecule has 1 aromatic carbocycles. The fraction of sp³-hybridized carbons (Fsp3) is 0.400. The van der Waals surface area contributed by atoms with Gasteiger partial charge in [-0.05, 0) is 54.8 Å². The summed E-state index contributed by atoms with van der Waals surface area (Å²) in [4.78, 5) is 13.4. The van der Waals surface area contributed by atoms with Gasteiger partial charge in [-0.15, -0.1) is 11.3 Å². The zero-order chi connectivity index (χ0) is 20.1.